The van der Waals surface area contributed by atoms with Gasteiger partial charge in [0, 0.05) is 6.42 Å². The smallest absolute Gasteiger partial charge is 0.268 e. The molecule has 0 aliphatic carbocycles. The number of carbonyl (C=O) groups is 1. The first-order valence-electron chi connectivity index (χ1n) is 30.0. The van der Waals surface area contributed by atoms with Gasteiger partial charge in [-0.25, -0.2) is 0 Å². The molecule has 0 aliphatic rings. The third-order valence-electron chi connectivity index (χ3n) is 13.5. The number of amides is 1. The highest BCUT2D eigenvalue weighted by molar-refractivity contribution is 7.45. The van der Waals surface area contributed by atoms with Gasteiger partial charge in [-0.15, -0.1) is 0 Å². The molecule has 8 nitrogen and oxygen atoms in total. The van der Waals surface area contributed by atoms with Crippen molar-refractivity contribution in [3.8, 4) is 0 Å². The SMILES string of the molecule is CCCCCCC/C=C\C/C=C\CCCCCCCCCCCCCCCCCCCC(=O)NC(COP(=O)([O-])OCC[N+](C)(C)C)C(O)/C=C/CC/C=C/CCCCCCCCCCCCCCC. The van der Waals surface area contributed by atoms with Crippen molar-refractivity contribution in [3.63, 3.8) is 0 Å². The number of phosphoric acid groups is 1. The summed E-state index contributed by atoms with van der Waals surface area (Å²) in [4.78, 5) is 25.5. The molecule has 0 saturated carbocycles. The van der Waals surface area contributed by atoms with E-state index in [9.17, 15) is 19.4 Å². The Kier molecular flexibility index (Phi) is 51.2. The van der Waals surface area contributed by atoms with Crippen molar-refractivity contribution in [3.05, 3.63) is 48.6 Å². The Bertz CT molecular complexity index is 1280. The maximum absolute atomic E-state index is 13.0. The predicted molar refractivity (Wildman–Crippen MR) is 302 cm³/mol. The normalized spacial score (nSPS) is 14.2. The lowest BCUT2D eigenvalue weighted by molar-refractivity contribution is -0.870. The van der Waals surface area contributed by atoms with Crippen LogP contribution in [-0.2, 0) is 18.4 Å². The second-order valence-electron chi connectivity index (χ2n) is 21.7. The van der Waals surface area contributed by atoms with Crippen LogP contribution in [-0.4, -0.2) is 68.5 Å². The summed E-state index contributed by atoms with van der Waals surface area (Å²) in [7, 11) is 1.25. The number of carbonyl (C=O) groups excluding carboxylic acids is 1. The maximum atomic E-state index is 13.0. The number of hydrogen-bond donors (Lipinski definition) is 2. The van der Waals surface area contributed by atoms with Crippen LogP contribution in [0.1, 0.15) is 284 Å². The van der Waals surface area contributed by atoms with Crippen LogP contribution < -0.4 is 10.2 Å². The van der Waals surface area contributed by atoms with Crippen LogP contribution in [0.2, 0.25) is 0 Å². The lowest BCUT2D eigenvalue weighted by Crippen LogP contribution is -2.45. The van der Waals surface area contributed by atoms with E-state index in [1.165, 1.54) is 218 Å². The van der Waals surface area contributed by atoms with E-state index >= 15 is 0 Å². The Morgan fingerprint density at radius 2 is 0.843 bits per heavy atom. The maximum Gasteiger partial charge on any atom is 0.268 e. The summed E-state index contributed by atoms with van der Waals surface area (Å²) < 4.78 is 23.3. The number of aliphatic hydroxyl groups excluding tert-OH is 1. The molecule has 70 heavy (non-hydrogen) atoms. The molecular formula is C61H117N2O6P. The van der Waals surface area contributed by atoms with E-state index in [0.29, 0.717) is 17.4 Å². The number of allylic oxidation sites excluding steroid dienone is 7. The van der Waals surface area contributed by atoms with E-state index in [1.807, 2.05) is 27.2 Å². The fourth-order valence-corrected chi connectivity index (χ4v) is 9.51. The Labute approximate surface area is 435 Å². The molecule has 9 heteroatoms. The fraction of sp³-hybridized carbons (Fsp3) is 0.852. The van der Waals surface area contributed by atoms with Gasteiger partial charge in [-0.1, -0.05) is 262 Å². The molecule has 2 N–H and O–H groups in total. The van der Waals surface area contributed by atoms with Gasteiger partial charge in [0.15, 0.2) is 0 Å². The molecule has 0 bridgehead atoms. The zero-order chi connectivity index (χ0) is 51.3. The summed E-state index contributed by atoms with van der Waals surface area (Å²) in [6.45, 7) is 4.65. The quantitative estimate of drug-likeness (QED) is 0.0272. The average Bonchev–Trinajstić information content (AvgIpc) is 3.32. The second-order valence-corrected chi connectivity index (χ2v) is 23.1. The number of phosphoric ester groups is 1. The Morgan fingerprint density at radius 1 is 0.500 bits per heavy atom. The number of likely N-dealkylation sites (N-methyl/N-ethyl adjacent to an activating group) is 1. The largest absolute Gasteiger partial charge is 0.756 e. The van der Waals surface area contributed by atoms with Crippen LogP contribution in [0, 0.1) is 0 Å². The summed E-state index contributed by atoms with van der Waals surface area (Å²) in [5, 5.41) is 13.9. The molecule has 0 saturated heterocycles. The van der Waals surface area contributed by atoms with Crippen molar-refractivity contribution in [1.29, 1.82) is 0 Å². The Morgan fingerprint density at radius 3 is 1.24 bits per heavy atom. The van der Waals surface area contributed by atoms with Crippen LogP contribution in [0.5, 0.6) is 0 Å². The Hall–Kier alpha value is -1.54. The van der Waals surface area contributed by atoms with E-state index in [-0.39, 0.29) is 12.5 Å². The van der Waals surface area contributed by atoms with Gasteiger partial charge in [-0.05, 0) is 64.2 Å². The minimum Gasteiger partial charge on any atom is -0.756 e. The van der Waals surface area contributed by atoms with E-state index in [1.54, 1.807) is 6.08 Å². The molecule has 3 atom stereocenters. The summed E-state index contributed by atoms with van der Waals surface area (Å²) in [6.07, 6.45) is 69.1. The van der Waals surface area contributed by atoms with E-state index in [0.717, 1.165) is 44.9 Å². The minimum absolute atomic E-state index is 0.00591. The van der Waals surface area contributed by atoms with Crippen LogP contribution in [0.3, 0.4) is 0 Å². The molecule has 0 aromatic carbocycles. The Balaban J connectivity index is 4.16. The zero-order valence-electron chi connectivity index (χ0n) is 47.0. The van der Waals surface area contributed by atoms with Crippen molar-refractivity contribution >= 4 is 13.7 Å². The number of aliphatic hydroxyl groups is 1. The highest BCUT2D eigenvalue weighted by atomic mass is 31.2. The monoisotopic (exact) mass is 1000 g/mol. The molecule has 0 rings (SSSR count). The van der Waals surface area contributed by atoms with Gasteiger partial charge in [-0.3, -0.25) is 9.36 Å². The second kappa shape index (κ2) is 52.3. The van der Waals surface area contributed by atoms with Gasteiger partial charge in [0.25, 0.3) is 7.82 Å². The number of quaternary nitrogens is 1. The van der Waals surface area contributed by atoms with Crippen molar-refractivity contribution in [1.82, 2.24) is 5.32 Å². The van der Waals surface area contributed by atoms with Crippen LogP contribution in [0.4, 0.5) is 0 Å². The standard InChI is InChI=1S/C61H117N2O6P/c1-6-8-10-12-14-16-18-20-22-24-26-27-28-29-30-31-32-33-34-35-37-39-41-43-45-47-49-51-53-55-61(65)62-59(58-69-70(66,67)68-57-56-63(3,4)5)60(64)54-52-50-48-46-44-42-40-38-36-25-23-21-19-17-15-13-11-9-7-2/h18,20,24,26,44,46,52,54,59-60,64H,6-17,19,21-23,25,27-43,45,47-51,53,55-58H2,1-5H3,(H-,62,65,66,67)/b20-18-,26-24-,46-44+,54-52+. The molecule has 0 aromatic heterocycles. The first-order chi connectivity index (χ1) is 34.0. The number of nitrogens with zero attached hydrogens (tertiary/aromatic N) is 1. The molecule has 412 valence electrons. The summed E-state index contributed by atoms with van der Waals surface area (Å²) in [5.74, 6) is -0.204. The first-order valence-corrected chi connectivity index (χ1v) is 31.5. The van der Waals surface area contributed by atoms with Gasteiger partial charge in [0.1, 0.15) is 13.2 Å². The lowest BCUT2D eigenvalue weighted by Gasteiger charge is -2.29. The molecule has 0 radical (unpaired) electrons. The summed E-state index contributed by atoms with van der Waals surface area (Å²) in [6, 6.07) is -0.903. The fourth-order valence-electron chi connectivity index (χ4n) is 8.79. The molecular weight excluding hydrogens is 888 g/mol. The van der Waals surface area contributed by atoms with Crippen LogP contribution in [0.25, 0.3) is 0 Å². The van der Waals surface area contributed by atoms with Gasteiger partial charge in [0.05, 0.1) is 39.9 Å². The molecule has 0 heterocycles. The van der Waals surface area contributed by atoms with E-state index < -0.39 is 26.6 Å². The van der Waals surface area contributed by atoms with Crippen molar-refractivity contribution in [2.45, 2.75) is 296 Å². The minimum atomic E-state index is -4.61. The van der Waals surface area contributed by atoms with Gasteiger partial charge >= 0.3 is 0 Å². The van der Waals surface area contributed by atoms with Crippen molar-refractivity contribution < 1.29 is 32.9 Å². The topological polar surface area (TPSA) is 108 Å². The average molecular weight is 1010 g/mol. The highest BCUT2D eigenvalue weighted by Crippen LogP contribution is 2.38. The zero-order valence-corrected chi connectivity index (χ0v) is 47.9. The highest BCUT2D eigenvalue weighted by Gasteiger charge is 2.23. The van der Waals surface area contributed by atoms with Gasteiger partial charge in [0.2, 0.25) is 5.91 Å². The third kappa shape index (κ3) is 54.2. The van der Waals surface area contributed by atoms with E-state index in [2.05, 4.69) is 55.6 Å². The molecule has 0 fully saturated rings. The molecule has 1 amide bonds. The first kappa shape index (κ1) is 68.5. The summed E-state index contributed by atoms with van der Waals surface area (Å²) >= 11 is 0. The van der Waals surface area contributed by atoms with Crippen LogP contribution in [0.15, 0.2) is 48.6 Å². The lowest BCUT2D eigenvalue weighted by atomic mass is 10.0. The molecule has 0 aromatic rings. The third-order valence-corrected chi connectivity index (χ3v) is 14.5. The number of rotatable bonds is 55. The van der Waals surface area contributed by atoms with Crippen LogP contribution >= 0.6 is 7.82 Å². The van der Waals surface area contributed by atoms with Crippen molar-refractivity contribution in [2.24, 2.45) is 0 Å². The molecule has 0 aliphatic heterocycles. The molecule has 3 unspecified atom stereocenters. The van der Waals surface area contributed by atoms with Crippen molar-refractivity contribution in [2.75, 3.05) is 40.9 Å². The number of unbranched alkanes of at least 4 members (excludes halogenated alkanes) is 36. The van der Waals surface area contributed by atoms with Gasteiger partial charge < -0.3 is 28.8 Å². The molecule has 0 spiro atoms. The van der Waals surface area contributed by atoms with Gasteiger partial charge in [-0.2, -0.15) is 0 Å². The van der Waals surface area contributed by atoms with E-state index in [4.69, 9.17) is 9.05 Å². The number of hydrogen-bond acceptors (Lipinski definition) is 6. The predicted octanol–water partition coefficient (Wildman–Crippen LogP) is 17.7. The summed E-state index contributed by atoms with van der Waals surface area (Å²) in [5.41, 5.74) is 0. The number of nitrogens with one attached hydrogen (secondary N) is 1.